The third-order valence-electron chi connectivity index (χ3n) is 1.66. The normalized spacial score (nSPS) is 10.4. The van der Waals surface area contributed by atoms with Gasteiger partial charge in [-0.1, -0.05) is 0 Å². The Labute approximate surface area is 89.4 Å². The van der Waals surface area contributed by atoms with Crippen LogP contribution in [-0.2, 0) is 5.88 Å². The molecule has 0 aromatic carbocycles. The van der Waals surface area contributed by atoms with Gasteiger partial charge in [0.15, 0.2) is 0 Å². The molecule has 2 heterocycles. The molecule has 2 aromatic heterocycles. The van der Waals surface area contributed by atoms with Crippen molar-refractivity contribution in [1.82, 2.24) is 9.97 Å². The highest BCUT2D eigenvalue weighted by Gasteiger charge is 2.04. The van der Waals surface area contributed by atoms with E-state index in [1.54, 1.807) is 6.07 Å². The first kappa shape index (κ1) is 9.55. The molecule has 0 unspecified atom stereocenters. The lowest BCUT2D eigenvalue weighted by atomic mass is 10.3. The first-order valence-electron chi connectivity index (χ1n) is 3.92. The summed E-state index contributed by atoms with van der Waals surface area (Å²) in [7, 11) is 0. The van der Waals surface area contributed by atoms with E-state index in [4.69, 9.17) is 11.6 Å². The highest BCUT2D eigenvalue weighted by Crippen LogP contribution is 2.23. The molecule has 0 aliphatic rings. The largest absolute Gasteiger partial charge is 0.240 e. The van der Waals surface area contributed by atoms with Gasteiger partial charge in [0.2, 0.25) is 5.95 Å². The third-order valence-corrected chi connectivity index (χ3v) is 2.88. The van der Waals surface area contributed by atoms with Crippen molar-refractivity contribution in [3.63, 3.8) is 0 Å². The molecule has 2 rings (SSSR count). The topological polar surface area (TPSA) is 25.8 Å². The molecule has 0 radical (unpaired) electrons. The molecule has 0 bridgehead atoms. The van der Waals surface area contributed by atoms with Gasteiger partial charge in [-0.25, -0.2) is 9.97 Å². The number of nitrogens with zero attached hydrogens (tertiary/aromatic N) is 2. The minimum atomic E-state index is -0.495. The summed E-state index contributed by atoms with van der Waals surface area (Å²) in [4.78, 5) is 7.71. The third kappa shape index (κ3) is 1.91. The summed E-state index contributed by atoms with van der Waals surface area (Å²) in [5.74, 6) is -0.116. The van der Waals surface area contributed by atoms with Crippen LogP contribution in [0.25, 0.3) is 10.6 Å². The molecular weight excluding hydrogens is 223 g/mol. The zero-order valence-corrected chi connectivity index (χ0v) is 8.65. The minimum absolute atomic E-state index is 0.379. The number of aromatic nitrogens is 2. The van der Waals surface area contributed by atoms with Crippen LogP contribution in [0.15, 0.2) is 23.7 Å². The van der Waals surface area contributed by atoms with Crippen molar-refractivity contribution in [2.75, 3.05) is 0 Å². The molecule has 5 heteroatoms. The molecule has 2 nitrogen and oxygen atoms in total. The molecule has 0 aliphatic carbocycles. The van der Waals surface area contributed by atoms with E-state index in [-0.39, 0.29) is 0 Å². The number of hydrogen-bond acceptors (Lipinski definition) is 3. The SMILES string of the molecule is Fc1cc(-c2nc(CCl)cs2)ccn1. The Hall–Kier alpha value is -1.00. The number of alkyl halides is 1. The Morgan fingerprint density at radius 1 is 1.50 bits per heavy atom. The summed E-state index contributed by atoms with van der Waals surface area (Å²) < 4.78 is 12.8. The van der Waals surface area contributed by atoms with E-state index in [1.807, 2.05) is 5.38 Å². The average Bonchev–Trinajstić information content (AvgIpc) is 2.66. The van der Waals surface area contributed by atoms with Crippen LogP contribution >= 0.6 is 22.9 Å². The van der Waals surface area contributed by atoms with Gasteiger partial charge >= 0.3 is 0 Å². The molecule has 14 heavy (non-hydrogen) atoms. The van der Waals surface area contributed by atoms with Gasteiger partial charge in [0, 0.05) is 23.2 Å². The Morgan fingerprint density at radius 2 is 2.36 bits per heavy atom. The molecule has 72 valence electrons. The highest BCUT2D eigenvalue weighted by atomic mass is 35.5. The van der Waals surface area contributed by atoms with Gasteiger partial charge in [-0.15, -0.1) is 22.9 Å². The van der Waals surface area contributed by atoms with Gasteiger partial charge in [-0.05, 0) is 6.07 Å². The molecule has 0 spiro atoms. The zero-order valence-electron chi connectivity index (χ0n) is 7.08. The molecule has 2 aromatic rings. The van der Waals surface area contributed by atoms with Crippen molar-refractivity contribution in [3.8, 4) is 10.6 Å². The van der Waals surface area contributed by atoms with Crippen LogP contribution in [0.4, 0.5) is 4.39 Å². The maximum atomic E-state index is 12.8. The van der Waals surface area contributed by atoms with Crippen molar-refractivity contribution in [1.29, 1.82) is 0 Å². The Bertz CT molecular complexity index is 444. The summed E-state index contributed by atoms with van der Waals surface area (Å²) in [5, 5.41) is 2.63. The number of halogens is 2. The van der Waals surface area contributed by atoms with E-state index < -0.39 is 5.95 Å². The predicted molar refractivity (Wildman–Crippen MR) is 54.9 cm³/mol. The van der Waals surface area contributed by atoms with E-state index in [0.717, 1.165) is 16.3 Å². The number of hydrogen-bond donors (Lipinski definition) is 0. The van der Waals surface area contributed by atoms with Crippen molar-refractivity contribution in [2.45, 2.75) is 5.88 Å². The lowest BCUT2D eigenvalue weighted by Gasteiger charge is -1.94. The van der Waals surface area contributed by atoms with Crippen molar-refractivity contribution in [2.24, 2.45) is 0 Å². The van der Waals surface area contributed by atoms with Gasteiger partial charge in [0.05, 0.1) is 11.6 Å². The second-order valence-corrected chi connectivity index (χ2v) is 3.77. The van der Waals surface area contributed by atoms with Crippen LogP contribution in [0, 0.1) is 5.95 Å². The Morgan fingerprint density at radius 3 is 3.00 bits per heavy atom. The fourth-order valence-electron chi connectivity index (χ4n) is 1.04. The Balaban J connectivity index is 2.39. The lowest BCUT2D eigenvalue weighted by molar-refractivity contribution is 0.584. The van der Waals surface area contributed by atoms with Crippen LogP contribution in [-0.4, -0.2) is 9.97 Å². The molecule has 0 amide bonds. The second kappa shape index (κ2) is 4.02. The van der Waals surface area contributed by atoms with Crippen molar-refractivity contribution in [3.05, 3.63) is 35.4 Å². The van der Waals surface area contributed by atoms with Crippen LogP contribution in [0.2, 0.25) is 0 Å². The number of thiazole rings is 1. The zero-order chi connectivity index (χ0) is 9.97. The average molecular weight is 229 g/mol. The molecule has 0 fully saturated rings. The number of rotatable bonds is 2. The van der Waals surface area contributed by atoms with E-state index in [1.165, 1.54) is 23.6 Å². The van der Waals surface area contributed by atoms with E-state index in [9.17, 15) is 4.39 Å². The van der Waals surface area contributed by atoms with Crippen LogP contribution < -0.4 is 0 Å². The van der Waals surface area contributed by atoms with Gasteiger partial charge in [0.1, 0.15) is 5.01 Å². The monoisotopic (exact) mass is 228 g/mol. The van der Waals surface area contributed by atoms with Crippen LogP contribution in [0.1, 0.15) is 5.69 Å². The van der Waals surface area contributed by atoms with Gasteiger partial charge in [-0.2, -0.15) is 4.39 Å². The molecule has 0 N–H and O–H groups in total. The minimum Gasteiger partial charge on any atom is -0.240 e. The maximum absolute atomic E-state index is 12.8. The van der Waals surface area contributed by atoms with Crippen LogP contribution in [0.3, 0.4) is 0 Å². The second-order valence-electron chi connectivity index (χ2n) is 2.64. The molecular formula is C9H6ClFN2S. The smallest absolute Gasteiger partial charge is 0.213 e. The van der Waals surface area contributed by atoms with Gasteiger partial charge in [0.25, 0.3) is 0 Å². The number of pyridine rings is 1. The Kier molecular flexibility index (Phi) is 2.74. The maximum Gasteiger partial charge on any atom is 0.213 e. The summed E-state index contributed by atoms with van der Waals surface area (Å²) >= 11 is 7.06. The fraction of sp³-hybridized carbons (Fsp3) is 0.111. The fourth-order valence-corrected chi connectivity index (χ4v) is 2.08. The summed E-state index contributed by atoms with van der Waals surface area (Å²) in [6, 6.07) is 3.08. The first-order valence-corrected chi connectivity index (χ1v) is 5.33. The molecule has 0 saturated carbocycles. The van der Waals surface area contributed by atoms with Crippen LogP contribution in [0.5, 0.6) is 0 Å². The van der Waals surface area contributed by atoms with E-state index >= 15 is 0 Å². The summed E-state index contributed by atoms with van der Waals surface area (Å²) in [6.07, 6.45) is 1.42. The van der Waals surface area contributed by atoms with Gasteiger partial charge in [-0.3, -0.25) is 0 Å². The summed E-state index contributed by atoms with van der Waals surface area (Å²) in [5.41, 5.74) is 1.54. The highest BCUT2D eigenvalue weighted by molar-refractivity contribution is 7.13. The molecule has 0 saturated heterocycles. The van der Waals surface area contributed by atoms with Crippen molar-refractivity contribution < 1.29 is 4.39 Å². The van der Waals surface area contributed by atoms with E-state index in [2.05, 4.69) is 9.97 Å². The molecule has 0 aliphatic heterocycles. The van der Waals surface area contributed by atoms with E-state index in [0.29, 0.717) is 5.88 Å². The summed E-state index contributed by atoms with van der Waals surface area (Å²) in [6.45, 7) is 0. The van der Waals surface area contributed by atoms with Gasteiger partial charge < -0.3 is 0 Å². The standard InChI is InChI=1S/C9H6ClFN2S/c10-4-7-5-14-9(13-7)6-1-2-12-8(11)3-6/h1-3,5H,4H2. The first-order chi connectivity index (χ1) is 6.79. The van der Waals surface area contributed by atoms with Crippen molar-refractivity contribution >= 4 is 22.9 Å². The lowest BCUT2D eigenvalue weighted by Crippen LogP contribution is -1.83. The molecule has 0 atom stereocenters. The quantitative estimate of drug-likeness (QED) is 0.583. The predicted octanol–water partition coefficient (Wildman–Crippen LogP) is 3.08.